The lowest BCUT2D eigenvalue weighted by atomic mass is 9.90. The number of hydrogen-bond acceptors (Lipinski definition) is 2. The molecule has 2 aromatic carbocycles. The summed E-state index contributed by atoms with van der Waals surface area (Å²) in [5, 5.41) is 5.84. The van der Waals surface area contributed by atoms with Gasteiger partial charge in [0, 0.05) is 12.2 Å². The molecule has 0 bridgehead atoms. The van der Waals surface area contributed by atoms with Crippen LogP contribution in [0.1, 0.15) is 37.5 Å². The number of amides is 2. The van der Waals surface area contributed by atoms with Gasteiger partial charge in [-0.25, -0.2) is 0 Å². The highest BCUT2D eigenvalue weighted by Gasteiger charge is 2.36. The smallest absolute Gasteiger partial charge is 0.239 e. The highest BCUT2D eigenvalue weighted by atomic mass is 16.2. The van der Waals surface area contributed by atoms with E-state index in [-0.39, 0.29) is 11.8 Å². The van der Waals surface area contributed by atoms with Crippen LogP contribution in [0.2, 0.25) is 0 Å². The molecule has 0 spiro atoms. The number of benzene rings is 2. The van der Waals surface area contributed by atoms with Gasteiger partial charge in [-0.3, -0.25) is 9.59 Å². The minimum atomic E-state index is -1.15. The third-order valence-corrected chi connectivity index (χ3v) is 4.66. The van der Waals surface area contributed by atoms with Crippen molar-refractivity contribution in [2.45, 2.75) is 40.5 Å². The van der Waals surface area contributed by atoms with Gasteiger partial charge in [-0.1, -0.05) is 55.5 Å². The van der Waals surface area contributed by atoms with E-state index >= 15 is 0 Å². The van der Waals surface area contributed by atoms with Crippen LogP contribution < -0.4 is 10.6 Å². The van der Waals surface area contributed by atoms with E-state index in [1.807, 2.05) is 62.4 Å². The Morgan fingerprint density at radius 2 is 1.65 bits per heavy atom. The molecule has 0 heterocycles. The SMILES string of the molecule is CCc1cccc(C)c1NC(=O)C(C)(C)C(=O)NCCc1ccccc1. The molecular weight excluding hydrogens is 324 g/mol. The number of para-hydroxylation sites is 1. The summed E-state index contributed by atoms with van der Waals surface area (Å²) >= 11 is 0. The minimum absolute atomic E-state index is 0.266. The molecule has 0 atom stereocenters. The van der Waals surface area contributed by atoms with Gasteiger partial charge in [0.25, 0.3) is 0 Å². The first kappa shape index (κ1) is 19.7. The van der Waals surface area contributed by atoms with Crippen LogP contribution >= 0.6 is 0 Å². The first-order chi connectivity index (χ1) is 12.4. The Morgan fingerprint density at radius 1 is 0.962 bits per heavy atom. The summed E-state index contributed by atoms with van der Waals surface area (Å²) in [4.78, 5) is 25.3. The van der Waals surface area contributed by atoms with Crippen molar-refractivity contribution in [3.8, 4) is 0 Å². The van der Waals surface area contributed by atoms with E-state index in [2.05, 4.69) is 10.6 Å². The van der Waals surface area contributed by atoms with Crippen LogP contribution in [0.25, 0.3) is 0 Å². The fourth-order valence-corrected chi connectivity index (χ4v) is 2.76. The van der Waals surface area contributed by atoms with E-state index in [0.717, 1.165) is 35.2 Å². The molecule has 138 valence electrons. The molecule has 0 radical (unpaired) electrons. The van der Waals surface area contributed by atoms with E-state index in [4.69, 9.17) is 0 Å². The molecule has 0 aliphatic carbocycles. The largest absolute Gasteiger partial charge is 0.355 e. The first-order valence-electron chi connectivity index (χ1n) is 9.08. The number of aryl methyl sites for hydroxylation is 2. The monoisotopic (exact) mass is 352 g/mol. The zero-order chi connectivity index (χ0) is 19.2. The standard InChI is InChI=1S/C22H28N2O2/c1-5-18-13-9-10-16(2)19(18)24-21(26)22(3,4)20(25)23-15-14-17-11-7-6-8-12-17/h6-13H,5,14-15H2,1-4H3,(H,23,25)(H,24,26). The van der Waals surface area contributed by atoms with Crippen molar-refractivity contribution in [1.82, 2.24) is 5.32 Å². The van der Waals surface area contributed by atoms with Crippen LogP contribution in [0.5, 0.6) is 0 Å². The van der Waals surface area contributed by atoms with E-state index in [0.29, 0.717) is 6.54 Å². The lowest BCUT2D eigenvalue weighted by molar-refractivity contribution is -0.138. The number of rotatable bonds is 7. The molecule has 0 fully saturated rings. The van der Waals surface area contributed by atoms with Crippen molar-refractivity contribution in [2.75, 3.05) is 11.9 Å². The van der Waals surface area contributed by atoms with Crippen molar-refractivity contribution in [1.29, 1.82) is 0 Å². The maximum absolute atomic E-state index is 12.8. The molecule has 0 aliphatic heterocycles. The topological polar surface area (TPSA) is 58.2 Å². The summed E-state index contributed by atoms with van der Waals surface area (Å²) in [6, 6.07) is 15.9. The molecule has 2 amide bonds. The van der Waals surface area contributed by atoms with Crippen molar-refractivity contribution in [2.24, 2.45) is 5.41 Å². The molecule has 0 aliphatic rings. The summed E-state index contributed by atoms with van der Waals surface area (Å²) in [5.41, 5.74) is 2.88. The number of nitrogens with one attached hydrogen (secondary N) is 2. The highest BCUT2D eigenvalue weighted by Crippen LogP contribution is 2.25. The lowest BCUT2D eigenvalue weighted by Crippen LogP contribution is -2.45. The van der Waals surface area contributed by atoms with Gasteiger partial charge in [0.1, 0.15) is 5.41 Å². The van der Waals surface area contributed by atoms with Crippen molar-refractivity contribution >= 4 is 17.5 Å². The van der Waals surface area contributed by atoms with Gasteiger partial charge in [0.05, 0.1) is 0 Å². The Morgan fingerprint density at radius 3 is 2.31 bits per heavy atom. The minimum Gasteiger partial charge on any atom is -0.355 e. The molecular formula is C22H28N2O2. The summed E-state index contributed by atoms with van der Waals surface area (Å²) in [6.07, 6.45) is 1.56. The second kappa shape index (κ2) is 8.65. The van der Waals surface area contributed by atoms with Gasteiger partial charge in [0.2, 0.25) is 11.8 Å². The number of anilines is 1. The third kappa shape index (κ3) is 4.72. The second-order valence-electron chi connectivity index (χ2n) is 7.03. The zero-order valence-corrected chi connectivity index (χ0v) is 16.1. The average molecular weight is 352 g/mol. The van der Waals surface area contributed by atoms with E-state index in [9.17, 15) is 9.59 Å². The highest BCUT2D eigenvalue weighted by molar-refractivity contribution is 6.10. The Bertz CT molecular complexity index is 767. The summed E-state index contributed by atoms with van der Waals surface area (Å²) in [7, 11) is 0. The van der Waals surface area contributed by atoms with Gasteiger partial charge in [0.15, 0.2) is 0 Å². The van der Waals surface area contributed by atoms with Crippen LogP contribution in [0.15, 0.2) is 48.5 Å². The normalized spacial score (nSPS) is 11.1. The first-order valence-corrected chi connectivity index (χ1v) is 9.08. The van der Waals surface area contributed by atoms with Crippen LogP contribution in [-0.2, 0) is 22.4 Å². The second-order valence-corrected chi connectivity index (χ2v) is 7.03. The number of carbonyl (C=O) groups is 2. The van der Waals surface area contributed by atoms with Crippen LogP contribution in [-0.4, -0.2) is 18.4 Å². The zero-order valence-electron chi connectivity index (χ0n) is 16.1. The van der Waals surface area contributed by atoms with Crippen LogP contribution in [0.3, 0.4) is 0 Å². The van der Waals surface area contributed by atoms with Gasteiger partial charge in [-0.05, 0) is 50.3 Å². The fraction of sp³-hybridized carbons (Fsp3) is 0.364. The van der Waals surface area contributed by atoms with Crippen molar-refractivity contribution in [3.63, 3.8) is 0 Å². The fourth-order valence-electron chi connectivity index (χ4n) is 2.76. The van der Waals surface area contributed by atoms with Gasteiger partial charge < -0.3 is 10.6 Å². The summed E-state index contributed by atoms with van der Waals surface area (Å²) in [6.45, 7) is 7.83. The van der Waals surface area contributed by atoms with E-state index < -0.39 is 5.41 Å². The Labute approximate surface area is 156 Å². The molecule has 2 aromatic rings. The quantitative estimate of drug-likeness (QED) is 0.743. The third-order valence-electron chi connectivity index (χ3n) is 4.66. The Kier molecular flexibility index (Phi) is 6.56. The van der Waals surface area contributed by atoms with Gasteiger partial charge in [-0.2, -0.15) is 0 Å². The van der Waals surface area contributed by atoms with Crippen molar-refractivity contribution < 1.29 is 9.59 Å². The molecule has 0 aromatic heterocycles. The lowest BCUT2D eigenvalue weighted by Gasteiger charge is -2.24. The molecule has 2 N–H and O–H groups in total. The predicted octanol–water partition coefficient (Wildman–Crippen LogP) is 3.88. The van der Waals surface area contributed by atoms with Crippen molar-refractivity contribution in [3.05, 3.63) is 65.2 Å². The molecule has 0 saturated heterocycles. The molecule has 2 rings (SSSR count). The van der Waals surface area contributed by atoms with Gasteiger partial charge in [-0.15, -0.1) is 0 Å². The number of carbonyl (C=O) groups excluding carboxylic acids is 2. The Balaban J connectivity index is 1.99. The predicted molar refractivity (Wildman–Crippen MR) is 106 cm³/mol. The molecule has 0 saturated carbocycles. The van der Waals surface area contributed by atoms with Crippen LogP contribution in [0.4, 0.5) is 5.69 Å². The average Bonchev–Trinajstić information content (AvgIpc) is 2.63. The number of hydrogen-bond donors (Lipinski definition) is 2. The van der Waals surface area contributed by atoms with E-state index in [1.165, 1.54) is 0 Å². The molecule has 4 nitrogen and oxygen atoms in total. The maximum atomic E-state index is 12.8. The van der Waals surface area contributed by atoms with Gasteiger partial charge >= 0.3 is 0 Å². The Hall–Kier alpha value is -2.62. The summed E-state index contributed by atoms with van der Waals surface area (Å²) in [5.74, 6) is -0.559. The maximum Gasteiger partial charge on any atom is 0.239 e. The van der Waals surface area contributed by atoms with Crippen LogP contribution in [0, 0.1) is 12.3 Å². The molecule has 4 heteroatoms. The summed E-state index contributed by atoms with van der Waals surface area (Å²) < 4.78 is 0. The van der Waals surface area contributed by atoms with E-state index in [1.54, 1.807) is 13.8 Å². The molecule has 0 unspecified atom stereocenters. The molecule has 26 heavy (non-hydrogen) atoms.